The van der Waals surface area contributed by atoms with Crippen LogP contribution in [0.2, 0.25) is 0 Å². The van der Waals surface area contributed by atoms with Gasteiger partial charge in [-0.15, -0.1) is 0 Å². The highest BCUT2D eigenvalue weighted by molar-refractivity contribution is 5.75. The first-order valence-corrected chi connectivity index (χ1v) is 12.1. The molecule has 1 amide bonds. The van der Waals surface area contributed by atoms with Crippen molar-refractivity contribution >= 4 is 17.5 Å². The first kappa shape index (κ1) is 21.3. The van der Waals surface area contributed by atoms with Crippen molar-refractivity contribution in [3.05, 3.63) is 12.4 Å². The fourth-order valence-corrected chi connectivity index (χ4v) is 4.62. The summed E-state index contributed by atoms with van der Waals surface area (Å²) in [4.78, 5) is 25.9. The Morgan fingerprint density at radius 3 is 2.50 bits per heavy atom. The minimum absolute atomic E-state index is 0.221. The molecule has 4 rings (SSSR count). The maximum Gasteiger partial charge on any atom is 0.220 e. The highest BCUT2D eigenvalue weighted by Crippen LogP contribution is 2.27. The molecule has 166 valence electrons. The smallest absolute Gasteiger partial charge is 0.220 e. The average molecular weight is 415 g/mol. The van der Waals surface area contributed by atoms with Crippen molar-refractivity contribution in [2.75, 3.05) is 49.5 Å². The highest BCUT2D eigenvalue weighted by atomic mass is 16.1. The van der Waals surface area contributed by atoms with Crippen LogP contribution in [0.3, 0.4) is 0 Å². The van der Waals surface area contributed by atoms with Crippen LogP contribution in [0.5, 0.6) is 0 Å². The monoisotopic (exact) mass is 414 g/mol. The number of hydrogen-bond acceptors (Lipinski definition) is 6. The van der Waals surface area contributed by atoms with E-state index in [0.29, 0.717) is 18.4 Å². The maximum atomic E-state index is 12.2. The second kappa shape index (κ2) is 10.9. The quantitative estimate of drug-likeness (QED) is 0.647. The lowest BCUT2D eigenvalue weighted by molar-refractivity contribution is -0.121. The molecule has 30 heavy (non-hydrogen) atoms. The molecular formula is C23H38N6O. The van der Waals surface area contributed by atoms with E-state index >= 15 is 0 Å². The number of aromatic nitrogens is 2. The third-order valence-electron chi connectivity index (χ3n) is 6.75. The van der Waals surface area contributed by atoms with Gasteiger partial charge in [0.15, 0.2) is 0 Å². The maximum absolute atomic E-state index is 12.2. The Balaban J connectivity index is 1.11. The Morgan fingerprint density at radius 2 is 1.77 bits per heavy atom. The van der Waals surface area contributed by atoms with Gasteiger partial charge >= 0.3 is 0 Å². The molecule has 0 aromatic carbocycles. The van der Waals surface area contributed by atoms with Crippen molar-refractivity contribution in [2.45, 2.75) is 70.3 Å². The SMILES string of the molecule is O=C(CCC1CCN(c2cc(NC3CC3)ncn2)CC1)NCCN1CCCCCC1. The van der Waals surface area contributed by atoms with Crippen LogP contribution in [0.15, 0.2) is 12.4 Å². The van der Waals surface area contributed by atoms with Crippen LogP contribution in [-0.2, 0) is 4.79 Å². The van der Waals surface area contributed by atoms with Crippen LogP contribution in [-0.4, -0.2) is 66.1 Å². The predicted octanol–water partition coefficient (Wildman–Crippen LogP) is 3.04. The molecule has 7 heteroatoms. The molecular weight excluding hydrogens is 376 g/mol. The summed E-state index contributed by atoms with van der Waals surface area (Å²) in [5, 5.41) is 6.59. The number of nitrogens with zero attached hydrogens (tertiary/aromatic N) is 4. The third-order valence-corrected chi connectivity index (χ3v) is 6.75. The van der Waals surface area contributed by atoms with E-state index in [-0.39, 0.29) is 5.91 Å². The van der Waals surface area contributed by atoms with Gasteiger partial charge in [0.1, 0.15) is 18.0 Å². The standard InChI is InChI=1S/C23H38N6O/c30-23(24-11-16-28-12-3-1-2-4-13-28)8-5-19-9-14-29(15-10-19)22-17-21(25-18-26-22)27-20-6-7-20/h17-20H,1-16H2,(H,24,30)(H,25,26,27). The van der Waals surface area contributed by atoms with Crippen LogP contribution in [0.1, 0.15) is 64.2 Å². The molecule has 1 saturated carbocycles. The minimum Gasteiger partial charge on any atom is -0.367 e. The van der Waals surface area contributed by atoms with E-state index in [0.717, 1.165) is 57.1 Å². The van der Waals surface area contributed by atoms with Gasteiger partial charge in [0.05, 0.1) is 0 Å². The van der Waals surface area contributed by atoms with Gasteiger partial charge < -0.3 is 20.4 Å². The Bertz CT molecular complexity index is 663. The van der Waals surface area contributed by atoms with E-state index < -0.39 is 0 Å². The topological polar surface area (TPSA) is 73.4 Å². The van der Waals surface area contributed by atoms with Gasteiger partial charge in [0, 0.05) is 44.7 Å². The molecule has 0 radical (unpaired) electrons. The third kappa shape index (κ3) is 6.83. The number of rotatable bonds is 9. The molecule has 0 spiro atoms. The van der Waals surface area contributed by atoms with Crippen LogP contribution >= 0.6 is 0 Å². The minimum atomic E-state index is 0.221. The van der Waals surface area contributed by atoms with Crippen molar-refractivity contribution < 1.29 is 4.79 Å². The van der Waals surface area contributed by atoms with Crippen molar-refractivity contribution in [2.24, 2.45) is 5.92 Å². The van der Waals surface area contributed by atoms with Crippen molar-refractivity contribution in [3.63, 3.8) is 0 Å². The molecule has 3 aliphatic rings. The lowest BCUT2D eigenvalue weighted by atomic mass is 9.92. The number of amides is 1. The predicted molar refractivity (Wildman–Crippen MR) is 121 cm³/mol. The molecule has 3 heterocycles. The van der Waals surface area contributed by atoms with E-state index in [9.17, 15) is 4.79 Å². The number of likely N-dealkylation sites (tertiary alicyclic amines) is 1. The van der Waals surface area contributed by atoms with Gasteiger partial charge in [-0.25, -0.2) is 9.97 Å². The fraction of sp³-hybridized carbons (Fsp3) is 0.783. The molecule has 1 aromatic rings. The molecule has 3 fully saturated rings. The van der Waals surface area contributed by atoms with Crippen LogP contribution < -0.4 is 15.5 Å². The summed E-state index contributed by atoms with van der Waals surface area (Å²) in [7, 11) is 0. The number of piperidine rings is 1. The molecule has 2 aliphatic heterocycles. The summed E-state index contributed by atoms with van der Waals surface area (Å²) in [6.07, 6.45) is 13.4. The first-order valence-electron chi connectivity index (χ1n) is 12.1. The summed E-state index contributed by atoms with van der Waals surface area (Å²) < 4.78 is 0. The molecule has 7 nitrogen and oxygen atoms in total. The molecule has 0 atom stereocenters. The van der Waals surface area contributed by atoms with E-state index in [2.05, 4.69) is 36.5 Å². The van der Waals surface area contributed by atoms with Gasteiger partial charge in [-0.05, 0) is 64.0 Å². The van der Waals surface area contributed by atoms with E-state index in [1.807, 2.05) is 0 Å². The van der Waals surface area contributed by atoms with Crippen molar-refractivity contribution in [3.8, 4) is 0 Å². The second-order valence-corrected chi connectivity index (χ2v) is 9.25. The van der Waals surface area contributed by atoms with E-state index in [1.165, 1.54) is 51.6 Å². The number of carbonyl (C=O) groups is 1. The lowest BCUT2D eigenvalue weighted by Gasteiger charge is -2.32. The summed E-state index contributed by atoms with van der Waals surface area (Å²) in [6.45, 7) is 6.21. The summed E-state index contributed by atoms with van der Waals surface area (Å²) in [5.74, 6) is 2.83. The zero-order valence-electron chi connectivity index (χ0n) is 18.3. The van der Waals surface area contributed by atoms with Crippen LogP contribution in [0.25, 0.3) is 0 Å². The Kier molecular flexibility index (Phi) is 7.78. The molecule has 2 saturated heterocycles. The summed E-state index contributed by atoms with van der Waals surface area (Å²) in [5.41, 5.74) is 0. The number of nitrogens with one attached hydrogen (secondary N) is 2. The van der Waals surface area contributed by atoms with Crippen molar-refractivity contribution in [1.82, 2.24) is 20.2 Å². The Labute approximate surface area is 181 Å². The molecule has 0 unspecified atom stereocenters. The Morgan fingerprint density at radius 1 is 1.00 bits per heavy atom. The van der Waals surface area contributed by atoms with Crippen LogP contribution in [0.4, 0.5) is 11.6 Å². The molecule has 1 aliphatic carbocycles. The van der Waals surface area contributed by atoms with Crippen LogP contribution in [0, 0.1) is 5.92 Å². The van der Waals surface area contributed by atoms with Gasteiger partial charge in [-0.1, -0.05) is 12.8 Å². The molecule has 1 aromatic heterocycles. The number of anilines is 2. The largest absolute Gasteiger partial charge is 0.367 e. The summed E-state index contributed by atoms with van der Waals surface area (Å²) >= 11 is 0. The van der Waals surface area contributed by atoms with E-state index in [4.69, 9.17) is 0 Å². The average Bonchev–Trinajstić information content (AvgIpc) is 3.61. The normalized spacial score (nSPS) is 21.3. The van der Waals surface area contributed by atoms with Gasteiger partial charge in [0.25, 0.3) is 0 Å². The highest BCUT2D eigenvalue weighted by Gasteiger charge is 2.23. The fourth-order valence-electron chi connectivity index (χ4n) is 4.62. The van der Waals surface area contributed by atoms with Gasteiger partial charge in [-0.3, -0.25) is 4.79 Å². The van der Waals surface area contributed by atoms with Gasteiger partial charge in [-0.2, -0.15) is 0 Å². The zero-order valence-corrected chi connectivity index (χ0v) is 18.3. The first-order chi connectivity index (χ1) is 14.8. The van der Waals surface area contributed by atoms with Gasteiger partial charge in [0.2, 0.25) is 5.91 Å². The Hall–Kier alpha value is -1.89. The molecule has 0 bridgehead atoms. The molecule has 2 N–H and O–H groups in total. The second-order valence-electron chi connectivity index (χ2n) is 9.25. The zero-order chi connectivity index (χ0) is 20.6. The van der Waals surface area contributed by atoms with Crippen molar-refractivity contribution in [1.29, 1.82) is 0 Å². The van der Waals surface area contributed by atoms with E-state index in [1.54, 1.807) is 6.33 Å². The summed E-state index contributed by atoms with van der Waals surface area (Å²) in [6, 6.07) is 2.69. The lowest BCUT2D eigenvalue weighted by Crippen LogP contribution is -2.36. The number of hydrogen-bond donors (Lipinski definition) is 2. The number of carbonyl (C=O) groups excluding carboxylic acids is 1.